The number of carboxylic acid groups (broad SMARTS) is 1. The molecule has 152 valence electrons. The molecular weight excluding hydrogens is 336 g/mol. The number of carbonyl (C=O) groups is 1. The summed E-state index contributed by atoms with van der Waals surface area (Å²) in [6, 6.07) is 0. The number of allylic oxidation sites excluding steroid dienone is 1. The van der Waals surface area contributed by atoms with Crippen LogP contribution in [0.2, 0.25) is 0 Å². The molecule has 3 fully saturated rings. The number of fused-ring (bicyclic) bond motifs is 5. The minimum Gasteiger partial charge on any atom is -0.481 e. The highest BCUT2D eigenvalue weighted by Gasteiger charge is 2.59. The van der Waals surface area contributed by atoms with Gasteiger partial charge in [-0.25, -0.2) is 0 Å². The van der Waals surface area contributed by atoms with Crippen molar-refractivity contribution < 1.29 is 15.0 Å². The van der Waals surface area contributed by atoms with Crippen LogP contribution in [0.15, 0.2) is 11.6 Å². The molecule has 0 spiro atoms. The number of hydrogen-bond acceptors (Lipinski definition) is 2. The molecule has 0 aromatic carbocycles. The third-order valence-electron chi connectivity index (χ3n) is 9.66. The Kier molecular flexibility index (Phi) is 4.98. The topological polar surface area (TPSA) is 57.5 Å². The van der Waals surface area contributed by atoms with E-state index in [4.69, 9.17) is 5.11 Å². The fourth-order valence-electron chi connectivity index (χ4n) is 8.24. The van der Waals surface area contributed by atoms with Crippen LogP contribution in [0.1, 0.15) is 85.0 Å². The summed E-state index contributed by atoms with van der Waals surface area (Å²) in [5, 5.41) is 19.2. The molecule has 0 aromatic heterocycles. The van der Waals surface area contributed by atoms with E-state index in [2.05, 4.69) is 26.8 Å². The monoisotopic (exact) mass is 374 g/mol. The van der Waals surface area contributed by atoms with Gasteiger partial charge in [-0.1, -0.05) is 32.4 Å². The Morgan fingerprint density at radius 2 is 1.93 bits per heavy atom. The first kappa shape index (κ1) is 19.5. The van der Waals surface area contributed by atoms with Gasteiger partial charge in [0.2, 0.25) is 0 Å². The van der Waals surface area contributed by atoms with Crippen molar-refractivity contribution in [3.8, 4) is 0 Å². The molecule has 0 saturated heterocycles. The third kappa shape index (κ3) is 3.09. The van der Waals surface area contributed by atoms with Crippen LogP contribution in [-0.4, -0.2) is 22.3 Å². The highest BCUT2D eigenvalue weighted by atomic mass is 16.4. The van der Waals surface area contributed by atoms with E-state index in [0.717, 1.165) is 37.0 Å². The Bertz CT molecular complexity index is 625. The lowest BCUT2D eigenvalue weighted by Crippen LogP contribution is -2.51. The SMILES string of the molecule is C[C@H](CCC(=O)O)C1CCC2C3CCC4=CC(O)CC[C@]4(C)C3CC[C@@]21C. The second kappa shape index (κ2) is 6.90. The largest absolute Gasteiger partial charge is 0.481 e. The molecule has 2 N–H and O–H groups in total. The summed E-state index contributed by atoms with van der Waals surface area (Å²) in [7, 11) is 0. The van der Waals surface area contributed by atoms with Gasteiger partial charge in [-0.05, 0) is 98.2 Å². The lowest BCUT2D eigenvalue weighted by molar-refractivity contribution is -0.137. The summed E-state index contributed by atoms with van der Waals surface area (Å²) >= 11 is 0. The Labute approximate surface area is 164 Å². The smallest absolute Gasteiger partial charge is 0.303 e. The standard InChI is InChI=1S/C24H38O3/c1-15(4-9-22(26)27)19-7-8-20-18-6-5-16-14-17(25)10-12-23(16,2)21(18)11-13-24(19,20)3/h14-15,17-21,25H,4-13H2,1-3H3,(H,26,27)/t15-,17?,18?,19?,20?,21?,23+,24-/m1/s1. The quantitative estimate of drug-likeness (QED) is 0.645. The molecule has 3 heteroatoms. The van der Waals surface area contributed by atoms with Gasteiger partial charge in [0.1, 0.15) is 0 Å². The molecule has 8 atom stereocenters. The van der Waals surface area contributed by atoms with Crippen LogP contribution in [-0.2, 0) is 4.79 Å². The van der Waals surface area contributed by atoms with Crippen LogP contribution in [0.4, 0.5) is 0 Å². The molecule has 3 nitrogen and oxygen atoms in total. The maximum Gasteiger partial charge on any atom is 0.303 e. The lowest BCUT2D eigenvalue weighted by Gasteiger charge is -2.59. The molecule has 0 bridgehead atoms. The van der Waals surface area contributed by atoms with Crippen LogP contribution in [0, 0.1) is 40.4 Å². The van der Waals surface area contributed by atoms with Gasteiger partial charge < -0.3 is 10.2 Å². The van der Waals surface area contributed by atoms with Gasteiger partial charge in [0, 0.05) is 6.42 Å². The first-order valence-electron chi connectivity index (χ1n) is 11.4. The van der Waals surface area contributed by atoms with Gasteiger partial charge in [0.15, 0.2) is 0 Å². The van der Waals surface area contributed by atoms with Crippen LogP contribution >= 0.6 is 0 Å². The van der Waals surface area contributed by atoms with Crippen molar-refractivity contribution in [2.45, 2.75) is 91.1 Å². The molecule has 27 heavy (non-hydrogen) atoms. The van der Waals surface area contributed by atoms with Crippen LogP contribution in [0.25, 0.3) is 0 Å². The van der Waals surface area contributed by atoms with Crippen LogP contribution in [0.3, 0.4) is 0 Å². The summed E-state index contributed by atoms with van der Waals surface area (Å²) in [5.74, 6) is 3.00. The van der Waals surface area contributed by atoms with E-state index in [1.165, 1.54) is 38.5 Å². The van der Waals surface area contributed by atoms with Crippen LogP contribution in [0.5, 0.6) is 0 Å². The summed E-state index contributed by atoms with van der Waals surface area (Å²) in [4.78, 5) is 11.0. The van der Waals surface area contributed by atoms with Gasteiger partial charge in [-0.2, -0.15) is 0 Å². The molecule has 5 unspecified atom stereocenters. The molecule has 0 amide bonds. The van der Waals surface area contributed by atoms with Gasteiger partial charge in [-0.3, -0.25) is 4.79 Å². The number of aliphatic hydroxyl groups excluding tert-OH is 1. The number of carboxylic acids is 1. The average Bonchev–Trinajstić information content (AvgIpc) is 2.97. The van der Waals surface area contributed by atoms with E-state index >= 15 is 0 Å². The second-order valence-corrected chi connectivity index (χ2v) is 10.8. The normalized spacial score (nSPS) is 47.4. The van der Waals surface area contributed by atoms with E-state index in [1.807, 2.05) is 0 Å². The minimum absolute atomic E-state index is 0.218. The molecule has 0 radical (unpaired) electrons. The predicted molar refractivity (Wildman–Crippen MR) is 107 cm³/mol. The average molecular weight is 375 g/mol. The maximum atomic E-state index is 11.0. The summed E-state index contributed by atoms with van der Waals surface area (Å²) in [6.07, 6.45) is 13.0. The van der Waals surface area contributed by atoms with E-state index in [-0.39, 0.29) is 6.10 Å². The zero-order chi connectivity index (χ0) is 19.4. The number of aliphatic carboxylic acids is 1. The third-order valence-corrected chi connectivity index (χ3v) is 9.66. The molecule has 3 saturated carbocycles. The fraction of sp³-hybridized carbons (Fsp3) is 0.875. The van der Waals surface area contributed by atoms with Crippen molar-refractivity contribution in [1.29, 1.82) is 0 Å². The Hall–Kier alpha value is -0.830. The van der Waals surface area contributed by atoms with E-state index < -0.39 is 5.97 Å². The Morgan fingerprint density at radius 1 is 1.15 bits per heavy atom. The van der Waals surface area contributed by atoms with Crippen molar-refractivity contribution in [2.24, 2.45) is 40.4 Å². The molecule has 0 aliphatic heterocycles. The molecule has 4 aliphatic rings. The highest BCUT2D eigenvalue weighted by molar-refractivity contribution is 5.66. The highest BCUT2D eigenvalue weighted by Crippen LogP contribution is 2.67. The molecule has 0 aromatic rings. The Morgan fingerprint density at radius 3 is 2.67 bits per heavy atom. The van der Waals surface area contributed by atoms with Gasteiger partial charge >= 0.3 is 5.97 Å². The van der Waals surface area contributed by atoms with Crippen molar-refractivity contribution in [1.82, 2.24) is 0 Å². The van der Waals surface area contributed by atoms with Crippen molar-refractivity contribution in [2.75, 3.05) is 0 Å². The van der Waals surface area contributed by atoms with E-state index in [1.54, 1.807) is 5.57 Å². The Balaban J connectivity index is 1.54. The minimum atomic E-state index is -0.649. The van der Waals surface area contributed by atoms with Gasteiger partial charge in [0.25, 0.3) is 0 Å². The zero-order valence-corrected chi connectivity index (χ0v) is 17.4. The van der Waals surface area contributed by atoms with Crippen molar-refractivity contribution in [3.63, 3.8) is 0 Å². The lowest BCUT2D eigenvalue weighted by atomic mass is 9.46. The number of hydrogen-bond donors (Lipinski definition) is 2. The number of rotatable bonds is 4. The first-order valence-corrected chi connectivity index (χ1v) is 11.4. The van der Waals surface area contributed by atoms with E-state index in [9.17, 15) is 9.90 Å². The summed E-state index contributed by atoms with van der Waals surface area (Å²) in [5.41, 5.74) is 2.27. The summed E-state index contributed by atoms with van der Waals surface area (Å²) in [6.45, 7) is 7.34. The van der Waals surface area contributed by atoms with Crippen molar-refractivity contribution >= 4 is 5.97 Å². The maximum absolute atomic E-state index is 11.0. The van der Waals surface area contributed by atoms with Crippen LogP contribution < -0.4 is 0 Å². The molecule has 0 heterocycles. The van der Waals surface area contributed by atoms with Gasteiger partial charge in [-0.15, -0.1) is 0 Å². The first-order chi connectivity index (χ1) is 12.8. The predicted octanol–water partition coefficient (Wildman–Crippen LogP) is 5.43. The molecule has 4 aliphatic carbocycles. The molecular formula is C24H38O3. The molecule has 4 rings (SSSR count). The number of aliphatic hydroxyl groups is 1. The summed E-state index contributed by atoms with van der Waals surface area (Å²) < 4.78 is 0. The fourth-order valence-corrected chi connectivity index (χ4v) is 8.24. The zero-order valence-electron chi connectivity index (χ0n) is 17.4. The van der Waals surface area contributed by atoms with Crippen molar-refractivity contribution in [3.05, 3.63) is 11.6 Å². The van der Waals surface area contributed by atoms with Gasteiger partial charge in [0.05, 0.1) is 6.10 Å². The van der Waals surface area contributed by atoms with E-state index in [0.29, 0.717) is 29.1 Å². The second-order valence-electron chi connectivity index (χ2n) is 10.8.